The Morgan fingerprint density at radius 1 is 1.75 bits per heavy atom. The van der Waals surface area contributed by atoms with Crippen LogP contribution in [0.25, 0.3) is 0 Å². The van der Waals surface area contributed by atoms with Crippen LogP contribution in [0.4, 0.5) is 4.39 Å². The second-order valence-corrected chi connectivity index (χ2v) is 3.08. The maximum absolute atomic E-state index is 13.3. The summed E-state index contributed by atoms with van der Waals surface area (Å²) >= 11 is 0. The first-order valence-electron chi connectivity index (χ1n) is 3.94. The quantitative estimate of drug-likeness (QED) is 0.628. The van der Waals surface area contributed by atoms with Gasteiger partial charge in [-0.2, -0.15) is 9.49 Å². The van der Waals surface area contributed by atoms with Gasteiger partial charge in [-0.3, -0.25) is 4.79 Å². The number of ketones is 1. The van der Waals surface area contributed by atoms with Gasteiger partial charge in [0.25, 0.3) is 0 Å². The average molecular weight is 168 g/mol. The third-order valence-corrected chi connectivity index (χ3v) is 2.01. The summed E-state index contributed by atoms with van der Waals surface area (Å²) in [5.41, 5.74) is 0.0990. The van der Waals surface area contributed by atoms with E-state index in [1.165, 1.54) is 17.8 Å². The highest BCUT2D eigenvalue weighted by molar-refractivity contribution is 5.93. The first-order chi connectivity index (χ1) is 5.70. The molecule has 1 heterocycles. The van der Waals surface area contributed by atoms with E-state index >= 15 is 0 Å². The smallest absolute Gasteiger partial charge is 0.222 e. The van der Waals surface area contributed by atoms with E-state index in [0.29, 0.717) is 0 Å². The molecule has 0 amide bonds. The van der Waals surface area contributed by atoms with E-state index in [9.17, 15) is 9.18 Å². The highest BCUT2D eigenvalue weighted by atomic mass is 19.1. The van der Waals surface area contributed by atoms with Crippen LogP contribution >= 0.6 is 0 Å². The molecule has 1 aromatic heterocycles. The van der Waals surface area contributed by atoms with Crippen molar-refractivity contribution >= 4 is 5.78 Å². The molecule has 1 fully saturated rings. The number of nitrogens with zero attached hydrogens (tertiary/aromatic N) is 2. The van der Waals surface area contributed by atoms with Crippen LogP contribution in [0.1, 0.15) is 36.2 Å². The van der Waals surface area contributed by atoms with Crippen molar-refractivity contribution in [3.63, 3.8) is 0 Å². The Hall–Kier alpha value is -1.19. The molecule has 4 heteroatoms. The highest BCUT2D eigenvalue weighted by Crippen LogP contribution is 2.35. The van der Waals surface area contributed by atoms with Gasteiger partial charge < -0.3 is 0 Å². The fourth-order valence-corrected chi connectivity index (χ4v) is 1.16. The zero-order chi connectivity index (χ0) is 8.72. The lowest BCUT2D eigenvalue weighted by Gasteiger charge is -1.96. The molecule has 2 rings (SSSR count). The van der Waals surface area contributed by atoms with Gasteiger partial charge >= 0.3 is 0 Å². The second-order valence-electron chi connectivity index (χ2n) is 3.08. The van der Waals surface area contributed by atoms with Crippen LogP contribution in [0, 0.1) is 5.95 Å². The van der Waals surface area contributed by atoms with Crippen molar-refractivity contribution in [3.05, 3.63) is 17.7 Å². The van der Waals surface area contributed by atoms with E-state index in [-0.39, 0.29) is 17.4 Å². The Balaban J connectivity index is 2.39. The molecular weight excluding hydrogens is 159 g/mol. The fraction of sp³-hybridized carbons (Fsp3) is 0.500. The minimum atomic E-state index is -0.481. The Kier molecular flexibility index (Phi) is 1.49. The number of hydrogen-bond donors (Lipinski definition) is 0. The van der Waals surface area contributed by atoms with E-state index in [0.717, 1.165) is 12.8 Å². The van der Waals surface area contributed by atoms with Gasteiger partial charge in [0.15, 0.2) is 5.78 Å². The Morgan fingerprint density at radius 3 is 2.83 bits per heavy atom. The summed E-state index contributed by atoms with van der Waals surface area (Å²) in [5.74, 6) is -0.746. The maximum Gasteiger partial charge on any atom is 0.222 e. The number of carbonyl (C=O) groups excluding carboxylic acids is 1. The lowest BCUT2D eigenvalue weighted by molar-refractivity contribution is 0.101. The van der Waals surface area contributed by atoms with E-state index < -0.39 is 5.95 Å². The van der Waals surface area contributed by atoms with Crippen LogP contribution < -0.4 is 0 Å². The topological polar surface area (TPSA) is 34.9 Å². The average Bonchev–Trinajstić information content (AvgIpc) is 2.75. The zero-order valence-corrected chi connectivity index (χ0v) is 6.75. The molecule has 0 unspecified atom stereocenters. The van der Waals surface area contributed by atoms with E-state index in [2.05, 4.69) is 5.10 Å². The van der Waals surface area contributed by atoms with E-state index in [1.54, 1.807) is 0 Å². The summed E-state index contributed by atoms with van der Waals surface area (Å²) in [5, 5.41) is 3.82. The second kappa shape index (κ2) is 2.40. The van der Waals surface area contributed by atoms with Crippen LogP contribution in [0.2, 0.25) is 0 Å². The number of Topliss-reactive ketones (excluding diaryl/α,β-unsaturated/α-hetero) is 1. The standard InChI is InChI=1S/C8H9FN2O/c1-5(12)7-4-10-11(8(7)9)6-2-3-6/h4,6H,2-3H2,1H3. The molecule has 0 radical (unpaired) electrons. The third kappa shape index (κ3) is 1.03. The molecule has 1 aromatic rings. The summed E-state index contributed by atoms with van der Waals surface area (Å²) in [6.45, 7) is 1.34. The highest BCUT2D eigenvalue weighted by Gasteiger charge is 2.28. The molecule has 0 atom stereocenters. The van der Waals surface area contributed by atoms with Gasteiger partial charge in [0, 0.05) is 0 Å². The number of carbonyl (C=O) groups is 1. The van der Waals surface area contributed by atoms with Crippen molar-refractivity contribution in [2.75, 3.05) is 0 Å². The van der Waals surface area contributed by atoms with Crippen molar-refractivity contribution in [2.24, 2.45) is 0 Å². The maximum atomic E-state index is 13.3. The molecule has 0 bridgehead atoms. The minimum absolute atomic E-state index is 0.0990. The Bertz CT molecular complexity index is 328. The van der Waals surface area contributed by atoms with Crippen molar-refractivity contribution in [1.82, 2.24) is 9.78 Å². The summed E-state index contributed by atoms with van der Waals surface area (Å²) < 4.78 is 14.6. The van der Waals surface area contributed by atoms with Gasteiger partial charge in [-0.1, -0.05) is 0 Å². The first kappa shape index (κ1) is 7.46. The molecule has 0 aliphatic heterocycles. The molecule has 0 saturated heterocycles. The van der Waals surface area contributed by atoms with Gasteiger partial charge in [0.2, 0.25) is 5.95 Å². The summed E-state index contributed by atoms with van der Waals surface area (Å²) in [4.78, 5) is 10.8. The molecular formula is C8H9FN2O. The van der Waals surface area contributed by atoms with Crippen LogP contribution in [-0.2, 0) is 0 Å². The zero-order valence-electron chi connectivity index (χ0n) is 6.75. The molecule has 12 heavy (non-hydrogen) atoms. The normalized spacial score (nSPS) is 16.5. The molecule has 0 N–H and O–H groups in total. The van der Waals surface area contributed by atoms with Gasteiger partial charge in [-0.25, -0.2) is 4.68 Å². The minimum Gasteiger partial charge on any atom is -0.294 e. The molecule has 1 aliphatic rings. The van der Waals surface area contributed by atoms with E-state index in [4.69, 9.17) is 0 Å². The third-order valence-electron chi connectivity index (χ3n) is 2.01. The van der Waals surface area contributed by atoms with Crippen molar-refractivity contribution in [1.29, 1.82) is 0 Å². The van der Waals surface area contributed by atoms with Crippen molar-refractivity contribution in [3.8, 4) is 0 Å². The Morgan fingerprint density at radius 2 is 2.42 bits per heavy atom. The number of hydrogen-bond acceptors (Lipinski definition) is 2. The monoisotopic (exact) mass is 168 g/mol. The van der Waals surface area contributed by atoms with Crippen LogP contribution in [0.3, 0.4) is 0 Å². The number of halogens is 1. The van der Waals surface area contributed by atoms with Crippen molar-refractivity contribution < 1.29 is 9.18 Å². The number of rotatable bonds is 2. The lowest BCUT2D eigenvalue weighted by Crippen LogP contribution is -2.02. The molecule has 0 aromatic carbocycles. The molecule has 3 nitrogen and oxygen atoms in total. The first-order valence-corrected chi connectivity index (χ1v) is 3.94. The molecule has 64 valence electrons. The number of aromatic nitrogens is 2. The summed E-state index contributed by atoms with van der Waals surface area (Å²) in [6.07, 6.45) is 3.24. The lowest BCUT2D eigenvalue weighted by atomic mass is 10.2. The SMILES string of the molecule is CC(=O)c1cnn(C2CC2)c1F. The van der Waals surface area contributed by atoms with Gasteiger partial charge in [-0.05, 0) is 19.8 Å². The Labute approximate surface area is 69.2 Å². The molecule has 1 aliphatic carbocycles. The predicted molar refractivity (Wildman–Crippen MR) is 40.5 cm³/mol. The van der Waals surface area contributed by atoms with Crippen molar-refractivity contribution in [2.45, 2.75) is 25.8 Å². The van der Waals surface area contributed by atoms with Crippen LogP contribution in [-0.4, -0.2) is 15.6 Å². The largest absolute Gasteiger partial charge is 0.294 e. The predicted octanol–water partition coefficient (Wildman–Crippen LogP) is 1.56. The van der Waals surface area contributed by atoms with Gasteiger partial charge in [-0.15, -0.1) is 0 Å². The van der Waals surface area contributed by atoms with Gasteiger partial charge in [0.05, 0.1) is 17.8 Å². The van der Waals surface area contributed by atoms with Gasteiger partial charge in [0.1, 0.15) is 0 Å². The van der Waals surface area contributed by atoms with Crippen LogP contribution in [0.5, 0.6) is 0 Å². The van der Waals surface area contributed by atoms with Crippen LogP contribution in [0.15, 0.2) is 6.20 Å². The molecule has 0 spiro atoms. The fourth-order valence-electron chi connectivity index (χ4n) is 1.16. The molecule has 1 saturated carbocycles. The van der Waals surface area contributed by atoms with E-state index in [1.807, 2.05) is 0 Å². The summed E-state index contributed by atoms with van der Waals surface area (Å²) in [6, 6.07) is 0.193. The summed E-state index contributed by atoms with van der Waals surface area (Å²) in [7, 11) is 0.